The third kappa shape index (κ3) is 7.09. The maximum absolute atomic E-state index is 13.5. The van der Waals surface area contributed by atoms with Crippen LogP contribution < -0.4 is 10.2 Å². The maximum Gasteiger partial charge on any atom is 0.409 e. The normalized spacial score (nSPS) is 19.9. The number of hydrogen-bond donors (Lipinski definition) is 3. The molecule has 1 aliphatic rings. The Morgan fingerprint density at radius 1 is 1.17 bits per heavy atom. The van der Waals surface area contributed by atoms with Gasteiger partial charge in [-0.1, -0.05) is 44.0 Å². The number of carbonyl (C=O) groups excluding carboxylic acids is 1. The molecule has 0 spiro atoms. The van der Waals surface area contributed by atoms with Crippen molar-refractivity contribution in [3.05, 3.63) is 59.7 Å². The molecule has 0 bridgehead atoms. The molecule has 3 N–H and O–H groups in total. The smallest absolute Gasteiger partial charge is 0.388 e. The van der Waals surface area contributed by atoms with Crippen molar-refractivity contribution >= 4 is 36.3 Å². The van der Waals surface area contributed by atoms with Gasteiger partial charge in [0, 0.05) is 5.69 Å². The van der Waals surface area contributed by atoms with Crippen molar-refractivity contribution in [2.24, 2.45) is 0 Å². The van der Waals surface area contributed by atoms with E-state index < -0.39 is 36.4 Å². The van der Waals surface area contributed by atoms with Gasteiger partial charge in [0.1, 0.15) is 5.37 Å². The minimum atomic E-state index is -4.73. The summed E-state index contributed by atoms with van der Waals surface area (Å²) in [4.78, 5) is 32.4. The van der Waals surface area contributed by atoms with E-state index in [2.05, 4.69) is 0 Å². The third-order valence-electron chi connectivity index (χ3n) is 5.50. The summed E-state index contributed by atoms with van der Waals surface area (Å²) >= 11 is 0.445. The Kier molecular flexibility index (Phi) is 9.06. The number of thioether (sulfide) groups is 1. The molecular formula is C23H27F3NO6PS. The maximum atomic E-state index is 13.5. The molecule has 2 aromatic rings. The Hall–Kier alpha value is -1.88. The summed E-state index contributed by atoms with van der Waals surface area (Å²) in [6, 6.07) is 11.8. The van der Waals surface area contributed by atoms with Crippen molar-refractivity contribution in [2.45, 2.75) is 55.7 Å². The van der Waals surface area contributed by atoms with Crippen molar-refractivity contribution < 1.29 is 42.2 Å². The molecule has 192 valence electrons. The highest BCUT2D eigenvalue weighted by atomic mass is 32.2. The van der Waals surface area contributed by atoms with Crippen molar-refractivity contribution in [3.63, 3.8) is 0 Å². The van der Waals surface area contributed by atoms with E-state index in [-0.39, 0.29) is 24.2 Å². The number of alkyl halides is 3. The first-order valence-electron chi connectivity index (χ1n) is 11.0. The average Bonchev–Trinajstić information content (AvgIpc) is 3.13. The number of amides is 1. The molecule has 3 atom stereocenters. The zero-order chi connectivity index (χ0) is 25.8. The van der Waals surface area contributed by atoms with E-state index >= 15 is 0 Å². The number of aliphatic hydroxyl groups excluding tert-OH is 1. The quantitative estimate of drug-likeness (QED) is 0.392. The second-order valence-electron chi connectivity index (χ2n) is 8.20. The van der Waals surface area contributed by atoms with Gasteiger partial charge in [0.05, 0.1) is 24.6 Å². The predicted octanol–water partition coefficient (Wildman–Crippen LogP) is 4.27. The lowest BCUT2D eigenvalue weighted by atomic mass is 10.0. The van der Waals surface area contributed by atoms with Crippen molar-refractivity contribution in [1.82, 2.24) is 0 Å². The number of anilines is 1. The van der Waals surface area contributed by atoms with Gasteiger partial charge in [0.25, 0.3) is 5.91 Å². The first kappa shape index (κ1) is 27.7. The molecule has 35 heavy (non-hydrogen) atoms. The minimum Gasteiger partial charge on any atom is -0.388 e. The molecule has 1 aliphatic heterocycles. The summed E-state index contributed by atoms with van der Waals surface area (Å²) in [6.07, 6.45) is -3.13. The number of aliphatic hydroxyl groups is 1. The topological polar surface area (TPSA) is 107 Å². The summed E-state index contributed by atoms with van der Waals surface area (Å²) in [7, 11) is -4.46. The molecular weight excluding hydrogens is 506 g/mol. The number of rotatable bonds is 10. The number of halogens is 3. The molecule has 3 unspecified atom stereocenters. The van der Waals surface area contributed by atoms with E-state index in [0.29, 0.717) is 29.3 Å². The lowest BCUT2D eigenvalue weighted by Crippen LogP contribution is -2.40. The second-order valence-corrected chi connectivity index (χ2v) is 11.1. The van der Waals surface area contributed by atoms with Crippen molar-refractivity contribution in [2.75, 3.05) is 11.5 Å². The number of ether oxygens (including phenoxy) is 1. The molecule has 1 amide bonds. The van der Waals surface area contributed by atoms with Crippen LogP contribution in [0.15, 0.2) is 48.5 Å². The number of nitrogens with zero attached hydrogens (tertiary/aromatic N) is 1. The van der Waals surface area contributed by atoms with Crippen LogP contribution in [0.3, 0.4) is 0 Å². The summed E-state index contributed by atoms with van der Waals surface area (Å²) in [5.41, 5.74) is 1.31. The predicted molar refractivity (Wildman–Crippen MR) is 127 cm³/mol. The molecule has 0 aliphatic carbocycles. The fraction of sp³-hybridized carbons (Fsp3) is 0.435. The Bertz CT molecular complexity index is 1060. The Labute approximate surface area is 205 Å². The second kappa shape index (κ2) is 11.5. The number of benzene rings is 2. The molecule has 1 fully saturated rings. The van der Waals surface area contributed by atoms with Gasteiger partial charge in [0.2, 0.25) is 0 Å². The van der Waals surface area contributed by atoms with Crippen LogP contribution in [0.2, 0.25) is 0 Å². The third-order valence-corrected chi connectivity index (χ3v) is 7.86. The van der Waals surface area contributed by atoms with Gasteiger partial charge < -0.3 is 19.6 Å². The van der Waals surface area contributed by atoms with E-state index in [9.17, 15) is 37.4 Å². The molecule has 0 saturated carbocycles. The largest absolute Gasteiger partial charge is 0.409 e. The van der Waals surface area contributed by atoms with Gasteiger partial charge in [-0.25, -0.2) is 0 Å². The zero-order valence-corrected chi connectivity index (χ0v) is 20.6. The van der Waals surface area contributed by atoms with Crippen LogP contribution in [0.25, 0.3) is 0 Å². The van der Waals surface area contributed by atoms with Crippen LogP contribution >= 0.6 is 19.4 Å². The molecule has 12 heteroatoms. The Balaban J connectivity index is 1.75. The van der Waals surface area contributed by atoms with Crippen LogP contribution in [-0.2, 0) is 20.7 Å². The zero-order valence-electron chi connectivity index (χ0n) is 18.9. The van der Waals surface area contributed by atoms with E-state index in [1.165, 1.54) is 30.3 Å². The van der Waals surface area contributed by atoms with Crippen molar-refractivity contribution in [1.29, 1.82) is 0 Å². The summed E-state index contributed by atoms with van der Waals surface area (Å²) in [5.74, 6) is -1.10. The summed E-state index contributed by atoms with van der Waals surface area (Å²) < 4.78 is 57.5. The van der Waals surface area contributed by atoms with Gasteiger partial charge in [-0.2, -0.15) is 13.2 Å². The monoisotopic (exact) mass is 533 g/mol. The summed E-state index contributed by atoms with van der Waals surface area (Å²) in [6.45, 7) is 1.66. The number of carbonyl (C=O) groups is 1. The first-order chi connectivity index (χ1) is 16.4. The standard InChI is InChI=1S/C23H27F3NO6PS/c1-2-3-7-19(28)16-8-10-17(11-9-16)27-20(35-21(22(27)29)23(24,25)26)14-33-13-15-5-4-6-18(12-15)34(30,31)32/h4-6,8-12,19-21,28H,2-3,7,13-14H2,1H3,(H2,30,31,32). The van der Waals surface area contributed by atoms with Crippen molar-refractivity contribution in [3.8, 4) is 0 Å². The Morgan fingerprint density at radius 2 is 1.86 bits per heavy atom. The van der Waals surface area contributed by atoms with Crippen LogP contribution in [-0.4, -0.2) is 44.2 Å². The summed E-state index contributed by atoms with van der Waals surface area (Å²) in [5, 5.41) is 6.87. The molecule has 0 radical (unpaired) electrons. The van der Waals surface area contributed by atoms with Gasteiger partial charge in [-0.15, -0.1) is 11.8 Å². The number of unbranched alkanes of at least 4 members (excludes halogenated alkanes) is 1. The average molecular weight is 534 g/mol. The van der Waals surface area contributed by atoms with Crippen LogP contribution in [0.5, 0.6) is 0 Å². The molecule has 1 heterocycles. The highest BCUT2D eigenvalue weighted by Gasteiger charge is 2.55. The Morgan fingerprint density at radius 3 is 2.46 bits per heavy atom. The number of hydrogen-bond acceptors (Lipinski definition) is 5. The van der Waals surface area contributed by atoms with E-state index in [0.717, 1.165) is 17.7 Å². The molecule has 1 saturated heterocycles. The lowest BCUT2D eigenvalue weighted by Gasteiger charge is -2.24. The SMILES string of the molecule is CCCCC(O)c1ccc(N2C(=O)C(C(F)(F)F)SC2COCc2cccc(P(=O)(O)O)c2)cc1. The van der Waals surface area contributed by atoms with Gasteiger partial charge >= 0.3 is 13.8 Å². The van der Waals surface area contributed by atoms with Crippen LogP contribution in [0.1, 0.15) is 43.4 Å². The van der Waals surface area contributed by atoms with E-state index in [1.54, 1.807) is 18.2 Å². The molecule has 3 rings (SSSR count). The first-order valence-corrected chi connectivity index (χ1v) is 13.5. The molecule has 7 nitrogen and oxygen atoms in total. The van der Waals surface area contributed by atoms with E-state index in [4.69, 9.17) is 4.74 Å². The minimum absolute atomic E-state index is 0.105. The van der Waals surface area contributed by atoms with Crippen LogP contribution in [0.4, 0.5) is 18.9 Å². The lowest BCUT2D eigenvalue weighted by molar-refractivity contribution is -0.147. The highest BCUT2D eigenvalue weighted by Crippen LogP contribution is 2.43. The molecule has 2 aromatic carbocycles. The highest BCUT2D eigenvalue weighted by molar-refractivity contribution is 8.02. The fourth-order valence-corrected chi connectivity index (χ4v) is 5.53. The van der Waals surface area contributed by atoms with E-state index in [1.807, 2.05) is 6.92 Å². The van der Waals surface area contributed by atoms with Gasteiger partial charge in [-0.3, -0.25) is 14.3 Å². The van der Waals surface area contributed by atoms with Gasteiger partial charge in [-0.05, 0) is 41.8 Å². The fourth-order valence-electron chi connectivity index (χ4n) is 3.70. The van der Waals surface area contributed by atoms with Crippen LogP contribution in [0, 0.1) is 0 Å². The van der Waals surface area contributed by atoms with Gasteiger partial charge in [0.15, 0.2) is 5.25 Å². The molecule has 0 aromatic heterocycles.